The topological polar surface area (TPSA) is 111 Å². The number of piperidine rings is 1. The number of aromatic nitrogens is 2. The van der Waals surface area contributed by atoms with Gasteiger partial charge in [-0.25, -0.2) is 0 Å². The van der Waals surface area contributed by atoms with Gasteiger partial charge in [0.05, 0.1) is 12.7 Å². The zero-order chi connectivity index (χ0) is 24.9. The number of phenols is 1. The van der Waals surface area contributed by atoms with Crippen LogP contribution in [0.3, 0.4) is 0 Å². The second-order valence-electron chi connectivity index (χ2n) is 8.20. The number of benzene rings is 1. The molecule has 1 aromatic heterocycles. The minimum atomic E-state index is -4.59. The molecule has 0 bridgehead atoms. The van der Waals surface area contributed by atoms with Crippen molar-refractivity contribution in [3.8, 4) is 23.1 Å². The molecule has 2 N–H and O–H groups in total. The molecule has 0 spiro atoms. The largest absolute Gasteiger partial charge is 0.507 e. The first-order valence-corrected chi connectivity index (χ1v) is 10.9. The van der Waals surface area contributed by atoms with Gasteiger partial charge in [-0.15, -0.1) is 10.2 Å². The summed E-state index contributed by atoms with van der Waals surface area (Å²) in [5, 5.41) is 31.4. The summed E-state index contributed by atoms with van der Waals surface area (Å²) in [5.41, 5.74) is -0.156. The average Bonchev–Trinajstić information content (AvgIpc) is 2.79. The van der Waals surface area contributed by atoms with Gasteiger partial charge in [-0.1, -0.05) is 0 Å². The fourth-order valence-corrected chi connectivity index (χ4v) is 4.04. The van der Waals surface area contributed by atoms with Gasteiger partial charge in [0.1, 0.15) is 23.1 Å². The van der Waals surface area contributed by atoms with Crippen molar-refractivity contribution >= 4 is 11.8 Å². The smallest absolute Gasteiger partial charge is 0.416 e. The number of carbonyl (C=O) groups excluding carboxylic acids is 1. The molecule has 3 rings (SSSR count). The number of phenolic OH excluding ortho intramolecular Hbond substituents is 1. The lowest BCUT2D eigenvalue weighted by Gasteiger charge is -2.33. The predicted molar refractivity (Wildman–Crippen MR) is 118 cm³/mol. The standard InChI is InChI=1S/C23H26F3N5O3/c1-14-18(12-27)22(28-16-5-3-9-31(13-16)10-4-6-20(33)34-2)30-29-21(14)17-8-7-15(11-19(17)32)23(24,25)26/h7-8,11,16,32H,3-6,9-10,13H2,1-2H3,(H,28,30)/t16-/m1/s1. The fourth-order valence-electron chi connectivity index (χ4n) is 4.04. The van der Waals surface area contributed by atoms with Gasteiger partial charge >= 0.3 is 12.1 Å². The molecule has 0 amide bonds. The van der Waals surface area contributed by atoms with Crippen LogP contribution in [0.4, 0.5) is 19.0 Å². The number of methoxy groups -OCH3 is 1. The first-order valence-electron chi connectivity index (χ1n) is 10.9. The van der Waals surface area contributed by atoms with E-state index < -0.39 is 17.5 Å². The molecule has 34 heavy (non-hydrogen) atoms. The molecule has 2 aromatic rings. The second kappa shape index (κ2) is 10.7. The Morgan fingerprint density at radius 1 is 1.38 bits per heavy atom. The van der Waals surface area contributed by atoms with Crippen molar-refractivity contribution in [1.82, 2.24) is 15.1 Å². The van der Waals surface area contributed by atoms with Gasteiger partial charge in [-0.2, -0.15) is 18.4 Å². The number of nitrogens with one attached hydrogen (secondary N) is 1. The highest BCUT2D eigenvalue weighted by Gasteiger charge is 2.31. The number of esters is 1. The van der Waals surface area contributed by atoms with E-state index >= 15 is 0 Å². The van der Waals surface area contributed by atoms with Crippen LogP contribution in [0, 0.1) is 18.3 Å². The number of nitriles is 1. The van der Waals surface area contributed by atoms with Crippen LogP contribution in [-0.4, -0.2) is 59.0 Å². The summed E-state index contributed by atoms with van der Waals surface area (Å²) in [6, 6.07) is 4.71. The number of hydrogen-bond donors (Lipinski definition) is 2. The van der Waals surface area contributed by atoms with Crippen LogP contribution in [-0.2, 0) is 15.7 Å². The van der Waals surface area contributed by atoms with Crippen LogP contribution >= 0.6 is 0 Å². The lowest BCUT2D eigenvalue weighted by Crippen LogP contribution is -2.42. The molecule has 1 fully saturated rings. The van der Waals surface area contributed by atoms with Crippen LogP contribution in [0.2, 0.25) is 0 Å². The van der Waals surface area contributed by atoms with Crippen LogP contribution in [0.15, 0.2) is 18.2 Å². The zero-order valence-electron chi connectivity index (χ0n) is 18.9. The van der Waals surface area contributed by atoms with E-state index in [1.54, 1.807) is 6.92 Å². The van der Waals surface area contributed by atoms with Crippen LogP contribution in [0.1, 0.15) is 42.4 Å². The number of alkyl halides is 3. The number of aromatic hydroxyl groups is 1. The maximum atomic E-state index is 12.9. The number of nitrogens with zero attached hydrogens (tertiary/aromatic N) is 4. The van der Waals surface area contributed by atoms with Gasteiger partial charge in [-0.3, -0.25) is 4.79 Å². The monoisotopic (exact) mass is 477 g/mol. The SMILES string of the molecule is COC(=O)CCCN1CCC[C@@H](Nc2nnc(-c3ccc(C(F)(F)F)cc3O)c(C)c2C#N)C1. The molecule has 1 atom stereocenters. The summed E-state index contributed by atoms with van der Waals surface area (Å²) in [6.07, 6.45) is -1.75. The van der Waals surface area contributed by atoms with Crippen molar-refractivity contribution < 1.29 is 27.8 Å². The Bertz CT molecular complexity index is 1080. The molecule has 0 radical (unpaired) electrons. The Balaban J connectivity index is 1.76. The number of carbonyl (C=O) groups is 1. The van der Waals surface area contributed by atoms with Crippen molar-refractivity contribution in [3.63, 3.8) is 0 Å². The van der Waals surface area contributed by atoms with Crippen LogP contribution in [0.5, 0.6) is 5.75 Å². The number of anilines is 1. The Hall–Kier alpha value is -3.39. The van der Waals surface area contributed by atoms with Gasteiger partial charge in [0.25, 0.3) is 0 Å². The third-order valence-electron chi connectivity index (χ3n) is 5.84. The van der Waals surface area contributed by atoms with E-state index in [0.29, 0.717) is 31.0 Å². The highest BCUT2D eigenvalue weighted by molar-refractivity contribution is 5.74. The maximum absolute atomic E-state index is 12.9. The minimum absolute atomic E-state index is 0.0120. The third-order valence-corrected chi connectivity index (χ3v) is 5.84. The average molecular weight is 477 g/mol. The number of hydrogen-bond acceptors (Lipinski definition) is 8. The van der Waals surface area contributed by atoms with Gasteiger partial charge in [0, 0.05) is 24.6 Å². The first kappa shape index (κ1) is 25.2. The lowest BCUT2D eigenvalue weighted by molar-refractivity contribution is -0.141. The predicted octanol–water partition coefficient (Wildman–Crippen LogP) is 3.88. The minimum Gasteiger partial charge on any atom is -0.507 e. The van der Waals surface area contributed by atoms with Crippen molar-refractivity contribution in [2.75, 3.05) is 32.1 Å². The normalized spacial score (nSPS) is 16.6. The van der Waals surface area contributed by atoms with E-state index in [0.717, 1.165) is 38.1 Å². The molecule has 8 nitrogen and oxygen atoms in total. The highest BCUT2D eigenvalue weighted by atomic mass is 19.4. The first-order chi connectivity index (χ1) is 16.1. The molecule has 0 unspecified atom stereocenters. The molecule has 0 aliphatic carbocycles. The summed E-state index contributed by atoms with van der Waals surface area (Å²) in [4.78, 5) is 13.5. The Kier molecular flexibility index (Phi) is 7.94. The maximum Gasteiger partial charge on any atom is 0.416 e. The summed E-state index contributed by atoms with van der Waals surface area (Å²) >= 11 is 0. The van der Waals surface area contributed by atoms with Crippen molar-refractivity contribution in [1.29, 1.82) is 5.26 Å². The van der Waals surface area contributed by atoms with E-state index in [1.807, 2.05) is 0 Å². The lowest BCUT2D eigenvalue weighted by atomic mass is 10.0. The quantitative estimate of drug-likeness (QED) is 0.578. The van der Waals surface area contributed by atoms with Crippen molar-refractivity contribution in [2.24, 2.45) is 0 Å². The zero-order valence-corrected chi connectivity index (χ0v) is 18.9. The number of ether oxygens (including phenoxy) is 1. The van der Waals surface area contributed by atoms with E-state index in [9.17, 15) is 28.3 Å². The second-order valence-corrected chi connectivity index (χ2v) is 8.20. The molecule has 1 aromatic carbocycles. The summed E-state index contributed by atoms with van der Waals surface area (Å²) in [7, 11) is 1.36. The molecule has 1 aliphatic rings. The van der Waals surface area contributed by atoms with Crippen LogP contribution in [0.25, 0.3) is 11.3 Å². The summed E-state index contributed by atoms with van der Waals surface area (Å²) in [6.45, 7) is 3.97. The Labute approximate surface area is 195 Å². The Morgan fingerprint density at radius 3 is 2.79 bits per heavy atom. The van der Waals surface area contributed by atoms with Crippen molar-refractivity contribution in [2.45, 2.75) is 44.8 Å². The van der Waals surface area contributed by atoms with Gasteiger partial charge in [0.15, 0.2) is 5.82 Å². The number of likely N-dealkylation sites (tertiary alicyclic amines) is 1. The summed E-state index contributed by atoms with van der Waals surface area (Å²) < 4.78 is 43.4. The number of rotatable bonds is 7. The van der Waals surface area contributed by atoms with Crippen molar-refractivity contribution in [3.05, 3.63) is 34.9 Å². The van der Waals surface area contributed by atoms with Gasteiger partial charge in [0.2, 0.25) is 0 Å². The van der Waals surface area contributed by atoms with Gasteiger partial charge < -0.3 is 20.1 Å². The van der Waals surface area contributed by atoms with E-state index in [1.165, 1.54) is 7.11 Å². The van der Waals surface area contributed by atoms with Crippen LogP contribution < -0.4 is 5.32 Å². The Morgan fingerprint density at radius 2 is 2.15 bits per heavy atom. The molecule has 1 aliphatic heterocycles. The van der Waals surface area contributed by atoms with E-state index in [4.69, 9.17) is 0 Å². The molecule has 182 valence electrons. The van der Waals surface area contributed by atoms with E-state index in [2.05, 4.69) is 31.2 Å². The molecule has 0 saturated carbocycles. The van der Waals surface area contributed by atoms with E-state index in [-0.39, 0.29) is 34.6 Å². The number of halogens is 3. The van der Waals surface area contributed by atoms with Gasteiger partial charge in [-0.05, 0) is 63.0 Å². The molecule has 2 heterocycles. The molecular weight excluding hydrogens is 451 g/mol. The molecule has 1 saturated heterocycles. The molecular formula is C23H26F3N5O3. The third kappa shape index (κ3) is 5.94. The fraction of sp³-hybridized carbons (Fsp3) is 0.478. The summed E-state index contributed by atoms with van der Waals surface area (Å²) in [5.74, 6) is -0.543. The highest BCUT2D eigenvalue weighted by Crippen LogP contribution is 2.37. The molecule has 11 heteroatoms.